The number of benzene rings is 1. The molecular formula is C19H28N2O3. The van der Waals surface area contributed by atoms with Crippen molar-refractivity contribution in [3.8, 4) is 0 Å². The van der Waals surface area contributed by atoms with Crippen molar-refractivity contribution in [2.75, 3.05) is 32.8 Å². The number of hydrogen-bond acceptors (Lipinski definition) is 3. The lowest BCUT2D eigenvalue weighted by Gasteiger charge is -2.43. The molecule has 1 aliphatic heterocycles. The number of aliphatic hydroxyl groups excluding tert-OH is 1. The van der Waals surface area contributed by atoms with E-state index >= 15 is 0 Å². The molecule has 1 aromatic carbocycles. The van der Waals surface area contributed by atoms with Crippen LogP contribution >= 0.6 is 0 Å². The van der Waals surface area contributed by atoms with Crippen LogP contribution in [0.15, 0.2) is 30.3 Å². The number of piperidine rings is 1. The number of urea groups is 1. The zero-order chi connectivity index (χ0) is 16.8. The smallest absolute Gasteiger partial charge is 0.317 e. The zero-order valence-corrected chi connectivity index (χ0v) is 14.2. The Bertz CT molecular complexity index is 531. The Morgan fingerprint density at radius 2 is 2.08 bits per heavy atom. The molecule has 1 unspecified atom stereocenters. The summed E-state index contributed by atoms with van der Waals surface area (Å²) in [6.45, 7) is 2.47. The molecule has 1 saturated carbocycles. The SMILES string of the molecule is O=C(NCC1(c2ccccc2)CCC1)N1CCCC(OCCO)C1. The summed E-state index contributed by atoms with van der Waals surface area (Å²) in [6.07, 6.45) is 5.46. The number of amides is 2. The van der Waals surface area contributed by atoms with E-state index in [1.54, 1.807) is 0 Å². The van der Waals surface area contributed by atoms with Crippen molar-refractivity contribution < 1.29 is 14.6 Å². The van der Waals surface area contributed by atoms with Gasteiger partial charge in [0, 0.05) is 25.0 Å². The van der Waals surface area contributed by atoms with E-state index in [0.29, 0.717) is 19.7 Å². The Morgan fingerprint density at radius 1 is 1.29 bits per heavy atom. The molecular weight excluding hydrogens is 304 g/mol. The first-order chi connectivity index (χ1) is 11.7. The third-order valence-corrected chi connectivity index (χ3v) is 5.39. The predicted octanol–water partition coefficient (Wildman–Crippen LogP) is 2.29. The number of nitrogens with one attached hydrogen (secondary N) is 1. The minimum absolute atomic E-state index is 0.00880. The average molecular weight is 332 g/mol. The van der Waals surface area contributed by atoms with Gasteiger partial charge < -0.3 is 20.1 Å². The van der Waals surface area contributed by atoms with Crippen LogP contribution in [-0.4, -0.2) is 55.0 Å². The molecule has 2 fully saturated rings. The third-order valence-electron chi connectivity index (χ3n) is 5.39. The minimum Gasteiger partial charge on any atom is -0.394 e. The highest BCUT2D eigenvalue weighted by Gasteiger charge is 2.39. The fourth-order valence-electron chi connectivity index (χ4n) is 3.80. The second kappa shape index (κ2) is 7.99. The van der Waals surface area contributed by atoms with E-state index in [0.717, 1.165) is 32.2 Å². The van der Waals surface area contributed by atoms with Gasteiger partial charge in [-0.25, -0.2) is 4.79 Å². The van der Waals surface area contributed by atoms with Crippen LogP contribution in [0.5, 0.6) is 0 Å². The van der Waals surface area contributed by atoms with Gasteiger partial charge in [0.2, 0.25) is 0 Å². The Balaban J connectivity index is 1.53. The quantitative estimate of drug-likeness (QED) is 0.840. The van der Waals surface area contributed by atoms with Gasteiger partial charge in [-0.1, -0.05) is 36.8 Å². The molecule has 0 spiro atoms. The molecule has 3 rings (SSSR count). The third kappa shape index (κ3) is 3.90. The van der Waals surface area contributed by atoms with Crippen LogP contribution < -0.4 is 5.32 Å². The summed E-state index contributed by atoms with van der Waals surface area (Å²) in [7, 11) is 0. The molecule has 5 heteroatoms. The summed E-state index contributed by atoms with van der Waals surface area (Å²) in [4.78, 5) is 14.4. The monoisotopic (exact) mass is 332 g/mol. The highest BCUT2D eigenvalue weighted by Crippen LogP contribution is 2.43. The Kier molecular flexibility index (Phi) is 5.74. The number of nitrogens with zero attached hydrogens (tertiary/aromatic N) is 1. The van der Waals surface area contributed by atoms with Gasteiger partial charge in [0.1, 0.15) is 0 Å². The second-order valence-corrected chi connectivity index (χ2v) is 6.96. The first kappa shape index (κ1) is 17.2. The van der Waals surface area contributed by atoms with Crippen molar-refractivity contribution in [2.45, 2.75) is 43.6 Å². The van der Waals surface area contributed by atoms with E-state index in [2.05, 4.69) is 29.6 Å². The maximum absolute atomic E-state index is 12.5. The van der Waals surface area contributed by atoms with E-state index in [1.165, 1.54) is 12.0 Å². The number of carbonyl (C=O) groups is 1. The van der Waals surface area contributed by atoms with Crippen LogP contribution in [0.3, 0.4) is 0 Å². The molecule has 1 heterocycles. The molecule has 132 valence electrons. The molecule has 1 saturated heterocycles. The molecule has 0 aromatic heterocycles. The molecule has 1 aliphatic carbocycles. The first-order valence-electron chi connectivity index (χ1n) is 9.04. The molecule has 2 aliphatic rings. The highest BCUT2D eigenvalue weighted by atomic mass is 16.5. The van der Waals surface area contributed by atoms with Gasteiger partial charge in [-0.2, -0.15) is 0 Å². The zero-order valence-electron chi connectivity index (χ0n) is 14.2. The standard InChI is InChI=1S/C19H28N2O3/c22-12-13-24-17-8-4-11-21(14-17)18(23)20-15-19(9-5-10-19)16-6-2-1-3-7-16/h1-3,6-7,17,22H,4-5,8-15H2,(H,20,23). The number of likely N-dealkylation sites (tertiary alicyclic amines) is 1. The highest BCUT2D eigenvalue weighted by molar-refractivity contribution is 5.74. The van der Waals surface area contributed by atoms with Gasteiger partial charge in [0.05, 0.1) is 19.3 Å². The van der Waals surface area contributed by atoms with Gasteiger partial charge in [0.15, 0.2) is 0 Å². The van der Waals surface area contributed by atoms with Crippen molar-refractivity contribution in [3.05, 3.63) is 35.9 Å². The molecule has 2 amide bonds. The fourth-order valence-corrected chi connectivity index (χ4v) is 3.80. The summed E-state index contributed by atoms with van der Waals surface area (Å²) in [5.74, 6) is 0. The lowest BCUT2D eigenvalue weighted by molar-refractivity contribution is -0.00597. The van der Waals surface area contributed by atoms with E-state index in [4.69, 9.17) is 9.84 Å². The Morgan fingerprint density at radius 3 is 2.75 bits per heavy atom. The molecule has 5 nitrogen and oxygen atoms in total. The van der Waals surface area contributed by atoms with Crippen LogP contribution in [0.2, 0.25) is 0 Å². The predicted molar refractivity (Wildman–Crippen MR) is 93.0 cm³/mol. The molecule has 2 N–H and O–H groups in total. The van der Waals surface area contributed by atoms with Crippen molar-refractivity contribution in [1.29, 1.82) is 0 Å². The lowest BCUT2D eigenvalue weighted by atomic mass is 9.64. The Hall–Kier alpha value is -1.59. The van der Waals surface area contributed by atoms with Gasteiger partial charge in [-0.15, -0.1) is 0 Å². The summed E-state index contributed by atoms with van der Waals surface area (Å²) >= 11 is 0. The van der Waals surface area contributed by atoms with Crippen molar-refractivity contribution >= 4 is 6.03 Å². The summed E-state index contributed by atoms with van der Waals surface area (Å²) < 4.78 is 5.59. The van der Waals surface area contributed by atoms with Crippen LogP contribution in [0, 0.1) is 0 Å². The molecule has 1 atom stereocenters. The van der Waals surface area contributed by atoms with Crippen molar-refractivity contribution in [1.82, 2.24) is 10.2 Å². The second-order valence-electron chi connectivity index (χ2n) is 6.96. The lowest BCUT2D eigenvalue weighted by Crippen LogP contribution is -2.52. The van der Waals surface area contributed by atoms with Gasteiger partial charge in [-0.05, 0) is 31.2 Å². The number of hydrogen-bond donors (Lipinski definition) is 2. The molecule has 0 radical (unpaired) electrons. The normalized spacial score (nSPS) is 22.7. The molecule has 0 bridgehead atoms. The largest absolute Gasteiger partial charge is 0.394 e. The maximum Gasteiger partial charge on any atom is 0.317 e. The number of carbonyl (C=O) groups excluding carboxylic acids is 1. The van der Waals surface area contributed by atoms with Gasteiger partial charge >= 0.3 is 6.03 Å². The van der Waals surface area contributed by atoms with E-state index in [1.807, 2.05) is 11.0 Å². The topological polar surface area (TPSA) is 61.8 Å². The first-order valence-corrected chi connectivity index (χ1v) is 9.04. The van der Waals surface area contributed by atoms with Crippen LogP contribution in [-0.2, 0) is 10.2 Å². The van der Waals surface area contributed by atoms with Gasteiger partial charge in [-0.3, -0.25) is 0 Å². The minimum atomic E-state index is 0.00880. The van der Waals surface area contributed by atoms with Crippen LogP contribution in [0.4, 0.5) is 4.79 Å². The van der Waals surface area contributed by atoms with Gasteiger partial charge in [0.25, 0.3) is 0 Å². The average Bonchev–Trinajstić information content (AvgIpc) is 2.60. The van der Waals surface area contributed by atoms with E-state index in [9.17, 15) is 4.79 Å². The summed E-state index contributed by atoms with van der Waals surface area (Å²) in [6, 6.07) is 10.5. The summed E-state index contributed by atoms with van der Waals surface area (Å²) in [5.41, 5.74) is 1.44. The Labute approximate surface area is 144 Å². The van der Waals surface area contributed by atoms with E-state index < -0.39 is 0 Å². The van der Waals surface area contributed by atoms with Crippen LogP contribution in [0.1, 0.15) is 37.7 Å². The van der Waals surface area contributed by atoms with Crippen molar-refractivity contribution in [3.63, 3.8) is 0 Å². The molecule has 24 heavy (non-hydrogen) atoms. The summed E-state index contributed by atoms with van der Waals surface area (Å²) in [5, 5.41) is 12.0. The molecule has 1 aromatic rings. The number of rotatable bonds is 6. The number of ether oxygens (including phenoxy) is 1. The van der Waals surface area contributed by atoms with Crippen LogP contribution in [0.25, 0.3) is 0 Å². The fraction of sp³-hybridized carbons (Fsp3) is 0.632. The van der Waals surface area contributed by atoms with Crippen molar-refractivity contribution in [2.24, 2.45) is 0 Å². The maximum atomic E-state index is 12.5. The number of aliphatic hydroxyl groups is 1. The van der Waals surface area contributed by atoms with E-state index in [-0.39, 0.29) is 24.2 Å².